The van der Waals surface area contributed by atoms with Crippen LogP contribution in [0.25, 0.3) is 22.3 Å². The molecule has 6 nitrogen and oxygen atoms in total. The van der Waals surface area contributed by atoms with Gasteiger partial charge < -0.3 is 20.9 Å². The van der Waals surface area contributed by atoms with Gasteiger partial charge in [-0.15, -0.1) is 0 Å². The molecule has 0 spiro atoms. The molecule has 2 aromatic carbocycles. The molecule has 1 saturated heterocycles. The highest BCUT2D eigenvalue weighted by Crippen LogP contribution is 2.47. The van der Waals surface area contributed by atoms with Crippen LogP contribution in [-0.4, -0.2) is 62.0 Å². The van der Waals surface area contributed by atoms with Gasteiger partial charge in [-0.3, -0.25) is 4.79 Å². The van der Waals surface area contributed by atoms with E-state index in [1.807, 2.05) is 49.4 Å². The van der Waals surface area contributed by atoms with Crippen molar-refractivity contribution < 1.29 is 18.0 Å². The number of piperazine rings is 1. The molecule has 1 atom stereocenters. The molecule has 1 aromatic heterocycles. The summed E-state index contributed by atoms with van der Waals surface area (Å²) < 4.78 is 37.9. The van der Waals surface area contributed by atoms with Gasteiger partial charge in [0.25, 0.3) is 5.92 Å². The molecule has 5 rings (SSSR count). The van der Waals surface area contributed by atoms with Crippen LogP contribution in [0.4, 0.5) is 24.7 Å². The maximum absolute atomic E-state index is 14.8. The number of hydrogen-bond acceptors (Lipinski definition) is 5. The third-order valence-corrected chi connectivity index (χ3v) is 7.47. The Balaban J connectivity index is 0.000000519. The van der Waals surface area contributed by atoms with E-state index in [4.69, 9.17) is 5.73 Å². The van der Waals surface area contributed by atoms with Gasteiger partial charge in [-0.25, -0.2) is 13.8 Å². The summed E-state index contributed by atoms with van der Waals surface area (Å²) in [6.07, 6.45) is 1.50. The minimum Gasteiger partial charge on any atom is -0.383 e. The van der Waals surface area contributed by atoms with Gasteiger partial charge in [0, 0.05) is 61.9 Å². The molecule has 3 N–H and O–H groups in total. The molecule has 208 valence electrons. The summed E-state index contributed by atoms with van der Waals surface area (Å²) in [6.45, 7) is 8.16. The Bertz CT molecular complexity index is 1290. The number of alkyl halides is 2. The predicted molar refractivity (Wildman–Crippen MR) is 150 cm³/mol. The van der Waals surface area contributed by atoms with Crippen molar-refractivity contribution in [2.75, 3.05) is 50.4 Å². The maximum Gasteiger partial charge on any atom is 0.251 e. The van der Waals surface area contributed by atoms with Crippen molar-refractivity contribution in [1.29, 1.82) is 0 Å². The van der Waals surface area contributed by atoms with Gasteiger partial charge in [0.15, 0.2) is 0 Å². The number of nitrogens with two attached hydrogens (primary N) is 1. The highest BCUT2D eigenvalue weighted by Gasteiger charge is 2.53. The lowest BCUT2D eigenvalue weighted by molar-refractivity contribution is -0.109. The number of hydrogen-bond donors (Lipinski definition) is 2. The van der Waals surface area contributed by atoms with Crippen LogP contribution in [0.5, 0.6) is 0 Å². The lowest BCUT2D eigenvalue weighted by Crippen LogP contribution is -2.44. The van der Waals surface area contributed by atoms with Crippen LogP contribution in [0.1, 0.15) is 24.5 Å². The van der Waals surface area contributed by atoms with Crippen LogP contribution < -0.4 is 16.0 Å². The molecule has 0 bridgehead atoms. The number of likely N-dealkylation sites (N-methyl/N-ethyl adjacent to an activating group) is 1. The first-order chi connectivity index (χ1) is 18.6. The molecule has 9 heteroatoms. The average molecular weight is 540 g/mol. The number of rotatable bonds is 7. The number of pyridine rings is 1. The number of carbonyl (C=O) groups excluding carboxylic acids is 1. The van der Waals surface area contributed by atoms with Crippen molar-refractivity contribution in [3.63, 3.8) is 0 Å². The molecule has 0 radical (unpaired) electrons. The quantitative estimate of drug-likeness (QED) is 0.247. The normalized spacial score (nSPS) is 18.2. The first-order valence-electron chi connectivity index (χ1n) is 13.2. The van der Waals surface area contributed by atoms with E-state index in [0.717, 1.165) is 54.1 Å². The molecule has 2 heterocycles. The molecule has 1 aliphatic heterocycles. The van der Waals surface area contributed by atoms with Crippen molar-refractivity contribution >= 4 is 17.9 Å². The molecule has 1 aliphatic carbocycles. The number of halogens is 3. The fourth-order valence-corrected chi connectivity index (χ4v) is 4.58. The summed E-state index contributed by atoms with van der Waals surface area (Å²) in [5.41, 5.74) is 12.3. The van der Waals surface area contributed by atoms with E-state index in [-0.39, 0.29) is 18.2 Å². The Hall–Kier alpha value is -3.59. The molecule has 3 aromatic rings. The molecule has 1 unspecified atom stereocenters. The summed E-state index contributed by atoms with van der Waals surface area (Å²) in [7, 11) is 2.13. The summed E-state index contributed by atoms with van der Waals surface area (Å²) in [5, 5.41) is 2.69. The van der Waals surface area contributed by atoms with Crippen LogP contribution in [0, 0.1) is 18.8 Å². The third kappa shape index (κ3) is 7.09. The fraction of sp³-hybridized carbons (Fsp3) is 0.400. The monoisotopic (exact) mass is 539 g/mol. The van der Waals surface area contributed by atoms with E-state index in [1.54, 1.807) is 13.0 Å². The standard InChI is InChI=1S/C26H30FN5O.C4H6F2/c1-18-3-4-21(15-20(18)9-10-29-17-33)24-16-23(25(27)30-26(24)28)19-5-7-22(8-6-19)32-13-11-31(2)12-14-32;1-3-2-4(3,5)6/h3-8,15-17H,9-14H2,1-2H3,(H2,28,30)(H,29,33);3H,2H2,1H3. The lowest BCUT2D eigenvalue weighted by atomic mass is 9.96. The van der Waals surface area contributed by atoms with E-state index >= 15 is 0 Å². The number of nitrogens with zero attached hydrogens (tertiary/aromatic N) is 3. The van der Waals surface area contributed by atoms with Crippen LogP contribution in [-0.2, 0) is 11.2 Å². The number of aryl methyl sites for hydroxylation is 1. The number of carbonyl (C=O) groups is 1. The molecule has 1 amide bonds. The molecule has 1 saturated carbocycles. The number of benzene rings is 2. The highest BCUT2D eigenvalue weighted by atomic mass is 19.3. The van der Waals surface area contributed by atoms with Crippen molar-refractivity contribution in [2.45, 2.75) is 32.6 Å². The predicted octanol–water partition coefficient (Wildman–Crippen LogP) is 5.15. The smallest absolute Gasteiger partial charge is 0.251 e. The Morgan fingerprint density at radius 3 is 2.26 bits per heavy atom. The van der Waals surface area contributed by atoms with Gasteiger partial charge in [0.1, 0.15) is 5.82 Å². The molecule has 2 fully saturated rings. The molecular formula is C30H36F3N5O. The van der Waals surface area contributed by atoms with E-state index in [9.17, 15) is 18.0 Å². The second-order valence-corrected chi connectivity index (χ2v) is 10.4. The first-order valence-corrected chi connectivity index (χ1v) is 13.2. The van der Waals surface area contributed by atoms with Gasteiger partial charge in [-0.2, -0.15) is 4.39 Å². The number of amides is 1. The summed E-state index contributed by atoms with van der Waals surface area (Å²) in [5.74, 6) is -3.05. The molecule has 2 aliphatic rings. The van der Waals surface area contributed by atoms with Crippen LogP contribution >= 0.6 is 0 Å². The van der Waals surface area contributed by atoms with Gasteiger partial charge >= 0.3 is 0 Å². The Kier molecular flexibility index (Phi) is 8.80. The highest BCUT2D eigenvalue weighted by molar-refractivity contribution is 5.80. The summed E-state index contributed by atoms with van der Waals surface area (Å²) >= 11 is 0. The van der Waals surface area contributed by atoms with E-state index in [0.29, 0.717) is 30.5 Å². The average Bonchev–Trinajstić information content (AvgIpc) is 3.48. The first kappa shape index (κ1) is 28.4. The van der Waals surface area contributed by atoms with E-state index in [1.165, 1.54) is 0 Å². The largest absolute Gasteiger partial charge is 0.383 e. The van der Waals surface area contributed by atoms with Crippen LogP contribution in [0.15, 0.2) is 48.5 Å². The number of anilines is 2. The summed E-state index contributed by atoms with van der Waals surface area (Å²) in [6, 6.07) is 15.8. The Labute approximate surface area is 228 Å². The van der Waals surface area contributed by atoms with Gasteiger partial charge in [-0.1, -0.05) is 37.3 Å². The number of nitrogen functional groups attached to an aromatic ring is 1. The van der Waals surface area contributed by atoms with Crippen molar-refractivity contribution in [3.05, 3.63) is 65.6 Å². The van der Waals surface area contributed by atoms with E-state index in [2.05, 4.69) is 27.1 Å². The number of nitrogens with one attached hydrogen (secondary N) is 1. The van der Waals surface area contributed by atoms with Crippen LogP contribution in [0.3, 0.4) is 0 Å². The zero-order valence-corrected chi connectivity index (χ0v) is 22.7. The van der Waals surface area contributed by atoms with E-state index < -0.39 is 11.9 Å². The van der Waals surface area contributed by atoms with Gasteiger partial charge in [0.2, 0.25) is 12.4 Å². The minimum absolute atomic E-state index is 0.104. The second-order valence-electron chi connectivity index (χ2n) is 10.4. The van der Waals surface area contributed by atoms with Crippen molar-refractivity contribution in [3.8, 4) is 22.3 Å². The topological polar surface area (TPSA) is 74.5 Å². The molecular weight excluding hydrogens is 503 g/mol. The fourth-order valence-electron chi connectivity index (χ4n) is 4.58. The van der Waals surface area contributed by atoms with Crippen molar-refractivity contribution in [2.24, 2.45) is 5.92 Å². The Morgan fingerprint density at radius 1 is 1.05 bits per heavy atom. The lowest BCUT2D eigenvalue weighted by Gasteiger charge is -2.34. The van der Waals surface area contributed by atoms with Crippen LogP contribution in [0.2, 0.25) is 0 Å². The van der Waals surface area contributed by atoms with Crippen molar-refractivity contribution in [1.82, 2.24) is 15.2 Å². The zero-order valence-electron chi connectivity index (χ0n) is 22.7. The molecule has 39 heavy (non-hydrogen) atoms. The summed E-state index contributed by atoms with van der Waals surface area (Å²) in [4.78, 5) is 19.2. The second kappa shape index (κ2) is 12.1. The SMILES string of the molecule is CC1CC1(F)F.Cc1ccc(-c2cc(-c3ccc(N4CCN(C)CC4)cc3)c(F)nc2N)cc1CCNC=O. The van der Waals surface area contributed by atoms with Gasteiger partial charge in [0.05, 0.1) is 0 Å². The van der Waals surface area contributed by atoms with Gasteiger partial charge in [-0.05, 0) is 60.8 Å². The minimum atomic E-state index is -2.29. The third-order valence-electron chi connectivity index (χ3n) is 7.47. The zero-order chi connectivity index (χ0) is 28.2. The maximum atomic E-state index is 14.8. The number of aromatic nitrogens is 1. The Morgan fingerprint density at radius 2 is 1.67 bits per heavy atom.